The van der Waals surface area contributed by atoms with E-state index >= 15 is 0 Å². The van der Waals surface area contributed by atoms with E-state index in [1.54, 1.807) is 0 Å². The second-order valence-corrected chi connectivity index (χ2v) is 10.4. The van der Waals surface area contributed by atoms with E-state index in [4.69, 9.17) is 9.72 Å². The molecule has 1 aliphatic carbocycles. The van der Waals surface area contributed by atoms with Crippen molar-refractivity contribution in [3.63, 3.8) is 0 Å². The largest absolute Gasteiger partial charge is 0.377 e. The summed E-state index contributed by atoms with van der Waals surface area (Å²) in [6.45, 7) is 8.20. The van der Waals surface area contributed by atoms with Crippen molar-refractivity contribution in [1.82, 2.24) is 25.0 Å². The highest BCUT2D eigenvalue weighted by Crippen LogP contribution is 2.36. The van der Waals surface area contributed by atoms with E-state index in [0.717, 1.165) is 63.4 Å². The highest BCUT2D eigenvalue weighted by molar-refractivity contribution is 5.86. The predicted octanol–water partition coefficient (Wildman–Crippen LogP) is 3.18. The number of rotatable bonds is 5. The first kappa shape index (κ1) is 23.4. The molecule has 7 heteroatoms. The number of benzene rings is 1. The van der Waals surface area contributed by atoms with Crippen LogP contribution in [0.4, 0.5) is 4.79 Å². The zero-order chi connectivity index (χ0) is 24.5. The average molecular weight is 486 g/mol. The van der Waals surface area contributed by atoms with Crippen LogP contribution in [0.2, 0.25) is 0 Å². The molecule has 0 atom stereocenters. The summed E-state index contributed by atoms with van der Waals surface area (Å²) in [4.78, 5) is 24.1. The topological polar surface area (TPSA) is 60.9 Å². The van der Waals surface area contributed by atoms with Gasteiger partial charge in [-0.2, -0.15) is 0 Å². The van der Waals surface area contributed by atoms with Crippen molar-refractivity contribution in [2.24, 2.45) is 0 Å². The Labute approximate surface area is 213 Å². The lowest BCUT2D eigenvalue weighted by molar-refractivity contribution is -0.00190. The molecule has 0 spiro atoms. The first-order valence-corrected chi connectivity index (χ1v) is 13.1. The molecule has 188 valence electrons. The van der Waals surface area contributed by atoms with E-state index in [9.17, 15) is 4.79 Å². The van der Waals surface area contributed by atoms with Crippen LogP contribution in [-0.4, -0.2) is 91.3 Å². The molecule has 4 aliphatic rings. The number of likely N-dealkylation sites (N-methyl/N-ethyl adjacent to an activating group) is 1. The van der Waals surface area contributed by atoms with Crippen molar-refractivity contribution in [3.8, 4) is 11.1 Å². The van der Waals surface area contributed by atoms with Gasteiger partial charge < -0.3 is 19.9 Å². The maximum absolute atomic E-state index is 12.5. The van der Waals surface area contributed by atoms with E-state index in [2.05, 4.69) is 64.6 Å². The normalized spacial score (nSPS) is 21.0. The molecule has 2 aromatic rings. The molecule has 4 heterocycles. The number of ether oxygens (including phenoxy) is 1. The summed E-state index contributed by atoms with van der Waals surface area (Å²) in [6, 6.07) is 11.5. The number of fused-ring (bicyclic) bond motifs is 1. The average Bonchev–Trinajstić information content (AvgIpc) is 3.31. The summed E-state index contributed by atoms with van der Waals surface area (Å²) in [5, 5.41) is 3.04. The minimum atomic E-state index is 0.0134. The molecule has 0 radical (unpaired) electrons. The second-order valence-electron chi connectivity index (χ2n) is 10.4. The quantitative estimate of drug-likeness (QED) is 0.705. The van der Waals surface area contributed by atoms with Gasteiger partial charge in [0, 0.05) is 69.6 Å². The van der Waals surface area contributed by atoms with Gasteiger partial charge in [0.2, 0.25) is 0 Å². The van der Waals surface area contributed by atoms with Gasteiger partial charge in [0.15, 0.2) is 0 Å². The molecule has 1 aromatic carbocycles. The molecule has 0 bridgehead atoms. The highest BCUT2D eigenvalue weighted by atomic mass is 16.5. The molecule has 2 amide bonds. The van der Waals surface area contributed by atoms with Gasteiger partial charge in [-0.05, 0) is 41.8 Å². The van der Waals surface area contributed by atoms with Crippen molar-refractivity contribution >= 4 is 11.6 Å². The molecule has 2 saturated heterocycles. The Balaban J connectivity index is 1.12. The van der Waals surface area contributed by atoms with Crippen LogP contribution in [0.25, 0.3) is 16.7 Å². The Bertz CT molecular complexity index is 1180. The van der Waals surface area contributed by atoms with E-state index in [0.29, 0.717) is 19.8 Å². The minimum Gasteiger partial charge on any atom is -0.377 e. The van der Waals surface area contributed by atoms with Crippen molar-refractivity contribution in [2.75, 3.05) is 59.5 Å². The lowest BCUT2D eigenvalue weighted by Gasteiger charge is -2.32. The van der Waals surface area contributed by atoms with Crippen molar-refractivity contribution < 1.29 is 9.53 Å². The van der Waals surface area contributed by atoms with Gasteiger partial charge in [0.25, 0.3) is 0 Å². The fourth-order valence-corrected chi connectivity index (χ4v) is 5.41. The molecule has 0 unspecified atom stereocenters. The number of hydrogen-bond acceptors (Lipinski definition) is 5. The minimum absolute atomic E-state index is 0.0134. The number of hydrogen-bond donors (Lipinski definition) is 1. The lowest BCUT2D eigenvalue weighted by atomic mass is 9.94. The van der Waals surface area contributed by atoms with E-state index < -0.39 is 0 Å². The first-order chi connectivity index (χ1) is 17.6. The maximum atomic E-state index is 12.5. The summed E-state index contributed by atoms with van der Waals surface area (Å²) in [5.74, 6) is 0. The summed E-state index contributed by atoms with van der Waals surface area (Å²) >= 11 is 0. The molecule has 1 N–H and O–H groups in total. The fraction of sp³-hybridized carbons (Fsp3) is 0.448. The van der Waals surface area contributed by atoms with Crippen LogP contribution < -0.4 is 5.32 Å². The van der Waals surface area contributed by atoms with E-state index in [1.165, 1.54) is 27.8 Å². The van der Waals surface area contributed by atoms with Crippen LogP contribution in [0, 0.1) is 0 Å². The number of amides is 2. The van der Waals surface area contributed by atoms with Crippen LogP contribution in [0.5, 0.6) is 0 Å². The maximum Gasteiger partial charge on any atom is 0.318 e. The van der Waals surface area contributed by atoms with Gasteiger partial charge in [0.05, 0.1) is 24.9 Å². The van der Waals surface area contributed by atoms with Gasteiger partial charge in [-0.15, -0.1) is 0 Å². The number of nitrogens with one attached hydrogen (secondary N) is 1. The van der Waals surface area contributed by atoms with Gasteiger partial charge in [-0.3, -0.25) is 9.88 Å². The monoisotopic (exact) mass is 485 g/mol. The number of allylic oxidation sites excluding steroid dienone is 2. The van der Waals surface area contributed by atoms with Crippen molar-refractivity contribution in [1.29, 1.82) is 0 Å². The van der Waals surface area contributed by atoms with Crippen LogP contribution >= 0.6 is 0 Å². The first-order valence-electron chi connectivity index (χ1n) is 13.1. The highest BCUT2D eigenvalue weighted by Gasteiger charge is 2.26. The van der Waals surface area contributed by atoms with Crippen LogP contribution in [0.1, 0.15) is 23.2 Å². The van der Waals surface area contributed by atoms with Crippen molar-refractivity contribution in [3.05, 3.63) is 71.1 Å². The van der Waals surface area contributed by atoms with Crippen LogP contribution in [-0.2, 0) is 17.7 Å². The molecule has 0 saturated carbocycles. The standard InChI is InChI=1S/C29H35N5O2/c1-32-12-14-33(15-13-32)18-21-2-4-22(5-3-21)24-16-27-26(6-7-28(27)30-17-24)23-8-10-34(11-9-23)29(35)31-25-19-36-20-25/h2-6,8,16-17,25H,7,9-15,18-20H2,1H3,(H,31,35). The Morgan fingerprint density at radius 2 is 1.86 bits per heavy atom. The molecule has 3 aliphatic heterocycles. The van der Waals surface area contributed by atoms with Gasteiger partial charge in [0.1, 0.15) is 0 Å². The Morgan fingerprint density at radius 3 is 2.56 bits per heavy atom. The number of aromatic nitrogens is 1. The summed E-state index contributed by atoms with van der Waals surface area (Å²) < 4.78 is 5.16. The smallest absolute Gasteiger partial charge is 0.318 e. The number of pyridine rings is 1. The van der Waals surface area contributed by atoms with Crippen molar-refractivity contribution in [2.45, 2.75) is 25.4 Å². The third-order valence-corrected chi connectivity index (χ3v) is 7.86. The zero-order valence-electron chi connectivity index (χ0n) is 21.1. The van der Waals surface area contributed by atoms with Crippen LogP contribution in [0.3, 0.4) is 0 Å². The predicted molar refractivity (Wildman–Crippen MR) is 142 cm³/mol. The second kappa shape index (κ2) is 10.2. The van der Waals surface area contributed by atoms with E-state index in [1.807, 2.05) is 11.1 Å². The fourth-order valence-electron chi connectivity index (χ4n) is 5.41. The number of urea groups is 1. The summed E-state index contributed by atoms with van der Waals surface area (Å²) in [7, 11) is 2.20. The SMILES string of the molecule is CN1CCN(Cc2ccc(-c3cnc4c(c3)C(C3=CCN(C(=O)NC5COC5)CC3)=CC4)cc2)CC1. The van der Waals surface area contributed by atoms with Gasteiger partial charge in [-0.25, -0.2) is 4.79 Å². The molecular weight excluding hydrogens is 450 g/mol. The molecule has 1 aromatic heterocycles. The number of carbonyl (C=O) groups excluding carboxylic acids is 1. The number of piperazine rings is 1. The van der Waals surface area contributed by atoms with Crippen LogP contribution in [0.15, 0.2) is 54.3 Å². The molecule has 6 rings (SSSR count). The van der Waals surface area contributed by atoms with E-state index in [-0.39, 0.29) is 12.1 Å². The van der Waals surface area contributed by atoms with Gasteiger partial charge in [-0.1, -0.05) is 36.4 Å². The molecule has 2 fully saturated rings. The molecular formula is C29H35N5O2. The Hall–Kier alpha value is -3.00. The Morgan fingerprint density at radius 1 is 1.06 bits per heavy atom. The summed E-state index contributed by atoms with van der Waals surface area (Å²) in [6.07, 6.45) is 8.26. The van der Waals surface area contributed by atoms with Gasteiger partial charge >= 0.3 is 6.03 Å². The summed E-state index contributed by atoms with van der Waals surface area (Å²) in [5.41, 5.74) is 8.73. The number of carbonyl (C=O) groups is 1. The lowest BCUT2D eigenvalue weighted by Crippen LogP contribution is -2.53. The molecule has 36 heavy (non-hydrogen) atoms. The zero-order valence-corrected chi connectivity index (χ0v) is 21.1. The Kier molecular flexibility index (Phi) is 6.61. The number of nitrogens with zero attached hydrogens (tertiary/aromatic N) is 4. The third-order valence-electron chi connectivity index (χ3n) is 7.86. The molecule has 7 nitrogen and oxygen atoms in total. The third kappa shape index (κ3) is 4.96.